The lowest BCUT2D eigenvalue weighted by atomic mass is 10.3. The summed E-state index contributed by atoms with van der Waals surface area (Å²) < 4.78 is 26.5. The van der Waals surface area contributed by atoms with Crippen molar-refractivity contribution in [2.45, 2.75) is 0 Å². The molecule has 0 amide bonds. The molecule has 0 bridgehead atoms. The highest BCUT2D eigenvalue weighted by atomic mass is 35.5. The number of hydrogen-bond acceptors (Lipinski definition) is 4. The van der Waals surface area contributed by atoms with E-state index in [2.05, 4.69) is 20.6 Å². The van der Waals surface area contributed by atoms with Gasteiger partial charge in [0.25, 0.3) is 0 Å². The van der Waals surface area contributed by atoms with Crippen LogP contribution in [0, 0.1) is 11.6 Å². The lowest BCUT2D eigenvalue weighted by Crippen LogP contribution is -2.02. The molecule has 94 valence electrons. The lowest BCUT2D eigenvalue weighted by Gasteiger charge is -2.09. The Morgan fingerprint density at radius 2 is 2.06 bits per heavy atom. The molecular weight excluding hydrogens is 262 g/mol. The Kier molecular flexibility index (Phi) is 3.57. The first-order valence-corrected chi connectivity index (χ1v) is 5.41. The predicted octanol–water partition coefficient (Wildman–Crippen LogP) is 3.19. The number of nitrogens with zero attached hydrogens (tertiary/aromatic N) is 2. The fourth-order valence-electron chi connectivity index (χ4n) is 1.30. The fraction of sp³-hybridized carbons (Fsp3) is 0.0909. The number of anilines is 3. The molecule has 0 spiro atoms. The summed E-state index contributed by atoms with van der Waals surface area (Å²) in [5, 5.41) is 5.54. The van der Waals surface area contributed by atoms with Crippen LogP contribution in [0.15, 0.2) is 24.4 Å². The van der Waals surface area contributed by atoms with Gasteiger partial charge < -0.3 is 10.6 Å². The zero-order valence-electron chi connectivity index (χ0n) is 9.34. The molecule has 0 unspecified atom stereocenters. The van der Waals surface area contributed by atoms with Crippen LogP contribution in [0.5, 0.6) is 0 Å². The lowest BCUT2D eigenvalue weighted by molar-refractivity contribution is 0.511. The minimum Gasteiger partial charge on any atom is -0.357 e. The minimum atomic E-state index is -0.988. The summed E-state index contributed by atoms with van der Waals surface area (Å²) in [4.78, 5) is 7.88. The van der Waals surface area contributed by atoms with E-state index in [9.17, 15) is 8.78 Å². The summed E-state index contributed by atoms with van der Waals surface area (Å²) in [6, 6.07) is 3.80. The van der Waals surface area contributed by atoms with Gasteiger partial charge in [0.2, 0.25) is 5.95 Å². The van der Waals surface area contributed by atoms with E-state index in [-0.39, 0.29) is 16.5 Å². The number of aromatic nitrogens is 2. The monoisotopic (exact) mass is 270 g/mol. The van der Waals surface area contributed by atoms with Gasteiger partial charge in [0.1, 0.15) is 5.02 Å². The first-order chi connectivity index (χ1) is 8.61. The number of halogens is 3. The average molecular weight is 271 g/mol. The van der Waals surface area contributed by atoms with Crippen molar-refractivity contribution in [3.63, 3.8) is 0 Å². The third-order valence-corrected chi connectivity index (χ3v) is 2.45. The smallest absolute Gasteiger partial charge is 0.224 e. The second kappa shape index (κ2) is 5.14. The standard InChI is InChI=1S/C11H9ClF2N4/c1-15-11-16-5-6(12)10(18-11)17-8-4-2-3-7(13)9(8)14/h2-5H,1H3,(H2,15,16,17,18). The summed E-state index contributed by atoms with van der Waals surface area (Å²) in [5.74, 6) is -1.42. The van der Waals surface area contributed by atoms with E-state index in [1.54, 1.807) is 7.05 Å². The number of rotatable bonds is 3. The largest absolute Gasteiger partial charge is 0.357 e. The highest BCUT2D eigenvalue weighted by Crippen LogP contribution is 2.25. The van der Waals surface area contributed by atoms with Crippen LogP contribution in [0.25, 0.3) is 0 Å². The van der Waals surface area contributed by atoms with Gasteiger partial charge in [0, 0.05) is 7.05 Å². The molecule has 7 heteroatoms. The van der Waals surface area contributed by atoms with E-state index >= 15 is 0 Å². The van der Waals surface area contributed by atoms with E-state index in [4.69, 9.17) is 11.6 Å². The van der Waals surface area contributed by atoms with Gasteiger partial charge in [-0.05, 0) is 12.1 Å². The van der Waals surface area contributed by atoms with Gasteiger partial charge in [-0.2, -0.15) is 4.98 Å². The molecule has 0 saturated carbocycles. The Hall–Kier alpha value is -1.95. The third-order valence-electron chi connectivity index (χ3n) is 2.17. The maximum Gasteiger partial charge on any atom is 0.224 e. The Balaban J connectivity index is 2.36. The highest BCUT2D eigenvalue weighted by Gasteiger charge is 2.11. The molecule has 0 radical (unpaired) electrons. The molecule has 0 aliphatic rings. The highest BCUT2D eigenvalue weighted by molar-refractivity contribution is 6.32. The van der Waals surface area contributed by atoms with Crippen LogP contribution >= 0.6 is 11.6 Å². The number of benzene rings is 1. The van der Waals surface area contributed by atoms with Crippen LogP contribution in [0.4, 0.5) is 26.2 Å². The maximum atomic E-state index is 13.5. The SMILES string of the molecule is CNc1ncc(Cl)c(Nc2cccc(F)c2F)n1. The molecule has 2 aromatic rings. The zero-order chi connectivity index (χ0) is 13.1. The summed E-state index contributed by atoms with van der Waals surface area (Å²) in [6.07, 6.45) is 1.36. The van der Waals surface area contributed by atoms with Crippen molar-refractivity contribution in [1.29, 1.82) is 0 Å². The van der Waals surface area contributed by atoms with Crippen molar-refractivity contribution in [1.82, 2.24) is 9.97 Å². The molecule has 0 atom stereocenters. The van der Waals surface area contributed by atoms with Crippen LogP contribution in [0.1, 0.15) is 0 Å². The van der Waals surface area contributed by atoms with E-state index < -0.39 is 11.6 Å². The molecule has 0 aliphatic carbocycles. The van der Waals surface area contributed by atoms with Crippen molar-refractivity contribution in [2.24, 2.45) is 0 Å². The fourth-order valence-corrected chi connectivity index (χ4v) is 1.44. The Morgan fingerprint density at radius 3 is 2.78 bits per heavy atom. The van der Waals surface area contributed by atoms with E-state index in [0.717, 1.165) is 6.07 Å². The molecule has 1 aromatic carbocycles. The Morgan fingerprint density at radius 1 is 1.28 bits per heavy atom. The van der Waals surface area contributed by atoms with Crippen molar-refractivity contribution < 1.29 is 8.78 Å². The zero-order valence-corrected chi connectivity index (χ0v) is 10.1. The van der Waals surface area contributed by atoms with Crippen molar-refractivity contribution in [3.8, 4) is 0 Å². The maximum absolute atomic E-state index is 13.5. The van der Waals surface area contributed by atoms with Crippen LogP contribution in [0.2, 0.25) is 5.02 Å². The predicted molar refractivity (Wildman–Crippen MR) is 66.2 cm³/mol. The van der Waals surface area contributed by atoms with Crippen LogP contribution in [0.3, 0.4) is 0 Å². The summed E-state index contributed by atoms with van der Waals surface area (Å²) in [5.41, 5.74) is -0.0438. The van der Waals surface area contributed by atoms with Gasteiger partial charge in [-0.3, -0.25) is 0 Å². The van der Waals surface area contributed by atoms with E-state index in [0.29, 0.717) is 5.95 Å². The normalized spacial score (nSPS) is 10.2. The van der Waals surface area contributed by atoms with Gasteiger partial charge in [0.05, 0.1) is 11.9 Å². The Bertz CT molecular complexity index is 577. The van der Waals surface area contributed by atoms with Gasteiger partial charge in [-0.25, -0.2) is 13.8 Å². The third kappa shape index (κ3) is 2.48. The van der Waals surface area contributed by atoms with E-state index in [1.165, 1.54) is 18.3 Å². The molecule has 2 rings (SSSR count). The molecule has 4 nitrogen and oxygen atoms in total. The second-order valence-electron chi connectivity index (χ2n) is 3.37. The average Bonchev–Trinajstić information content (AvgIpc) is 2.37. The molecule has 0 fully saturated rings. The van der Waals surface area contributed by atoms with Crippen LogP contribution < -0.4 is 10.6 Å². The van der Waals surface area contributed by atoms with Crippen molar-refractivity contribution in [3.05, 3.63) is 41.1 Å². The summed E-state index contributed by atoms with van der Waals surface area (Å²) in [7, 11) is 1.63. The second-order valence-corrected chi connectivity index (χ2v) is 3.77. The quantitative estimate of drug-likeness (QED) is 0.899. The van der Waals surface area contributed by atoms with Gasteiger partial charge in [-0.1, -0.05) is 17.7 Å². The topological polar surface area (TPSA) is 49.8 Å². The molecule has 0 aliphatic heterocycles. The van der Waals surface area contributed by atoms with E-state index in [1.807, 2.05) is 0 Å². The van der Waals surface area contributed by atoms with Gasteiger partial charge >= 0.3 is 0 Å². The van der Waals surface area contributed by atoms with Gasteiger partial charge in [0.15, 0.2) is 17.5 Å². The molecule has 0 saturated heterocycles. The molecule has 1 aromatic heterocycles. The molecule has 18 heavy (non-hydrogen) atoms. The first-order valence-electron chi connectivity index (χ1n) is 5.03. The molecule has 1 heterocycles. The van der Waals surface area contributed by atoms with Gasteiger partial charge in [-0.15, -0.1) is 0 Å². The minimum absolute atomic E-state index is 0.0438. The van der Waals surface area contributed by atoms with Crippen molar-refractivity contribution >= 4 is 29.1 Å². The summed E-state index contributed by atoms with van der Waals surface area (Å²) in [6.45, 7) is 0. The first kappa shape index (κ1) is 12.5. The van der Waals surface area contributed by atoms with Crippen LogP contribution in [-0.2, 0) is 0 Å². The number of nitrogens with one attached hydrogen (secondary N) is 2. The number of hydrogen-bond donors (Lipinski definition) is 2. The molecule has 2 N–H and O–H groups in total. The van der Waals surface area contributed by atoms with Crippen LogP contribution in [-0.4, -0.2) is 17.0 Å². The molecular formula is C11H9ClF2N4. The summed E-state index contributed by atoms with van der Waals surface area (Å²) >= 11 is 5.86. The Labute approximate surface area is 107 Å². The van der Waals surface area contributed by atoms with Crippen molar-refractivity contribution in [2.75, 3.05) is 17.7 Å².